The summed E-state index contributed by atoms with van der Waals surface area (Å²) in [5, 5.41) is 6.07. The molecule has 34 heavy (non-hydrogen) atoms. The van der Waals surface area contributed by atoms with Crippen molar-refractivity contribution in [2.24, 2.45) is 28.8 Å². The monoisotopic (exact) mass is 590 g/mol. The zero-order chi connectivity index (χ0) is 23.8. The number of halogens is 2. The first kappa shape index (κ1) is 23.4. The van der Waals surface area contributed by atoms with Gasteiger partial charge in [0.15, 0.2) is 11.5 Å². The summed E-state index contributed by atoms with van der Waals surface area (Å²) in [4.78, 5) is 26.0. The smallest absolute Gasteiger partial charge is 0.254 e. The molecular weight excluding hydrogens is 567 g/mol. The molecule has 8 heteroatoms. The number of hydrogen-bond donors (Lipinski definition) is 0. The molecule has 0 radical (unpaired) electrons. The Morgan fingerprint density at radius 1 is 1.06 bits per heavy atom. The molecule has 6 nitrogen and oxygen atoms in total. The highest BCUT2D eigenvalue weighted by atomic mass is 127. The minimum Gasteiger partial charge on any atom is -0.490 e. The number of allylic oxidation sites excluding steroid dienone is 2. The molecule has 2 aromatic rings. The largest absolute Gasteiger partial charge is 0.490 e. The second kappa shape index (κ2) is 9.70. The van der Waals surface area contributed by atoms with Crippen LogP contribution in [0.2, 0.25) is 5.02 Å². The number of carbonyl (C=O) groups is 2. The van der Waals surface area contributed by atoms with Crippen LogP contribution in [-0.4, -0.2) is 29.6 Å². The third kappa shape index (κ3) is 4.35. The molecule has 1 aliphatic heterocycles. The summed E-state index contributed by atoms with van der Waals surface area (Å²) in [6, 6.07) is 11.2. The first-order valence-electron chi connectivity index (χ1n) is 11.4. The number of nitrogens with zero attached hydrogens (tertiary/aromatic N) is 2. The van der Waals surface area contributed by atoms with E-state index in [4.69, 9.17) is 21.1 Å². The fourth-order valence-corrected chi connectivity index (χ4v) is 6.01. The van der Waals surface area contributed by atoms with Crippen LogP contribution < -0.4 is 9.47 Å². The van der Waals surface area contributed by atoms with Crippen LogP contribution in [-0.2, 0) is 16.2 Å². The fourth-order valence-electron chi connectivity index (χ4n) is 5.10. The van der Waals surface area contributed by atoms with Gasteiger partial charge in [-0.1, -0.05) is 35.9 Å². The summed E-state index contributed by atoms with van der Waals surface area (Å²) in [6.07, 6.45) is 7.69. The number of carbonyl (C=O) groups excluding carboxylic acids is 2. The fraction of sp³-hybridized carbons (Fsp3) is 0.346. The van der Waals surface area contributed by atoms with E-state index >= 15 is 0 Å². The number of hydrogen-bond acceptors (Lipinski definition) is 5. The van der Waals surface area contributed by atoms with Gasteiger partial charge in [-0.25, -0.2) is 0 Å². The zero-order valence-corrected chi connectivity index (χ0v) is 21.5. The highest BCUT2D eigenvalue weighted by Crippen LogP contribution is 2.49. The molecule has 2 fully saturated rings. The van der Waals surface area contributed by atoms with Crippen molar-refractivity contribution in [1.82, 2.24) is 5.01 Å². The number of rotatable bonds is 7. The van der Waals surface area contributed by atoms with Crippen LogP contribution in [0.1, 0.15) is 30.9 Å². The van der Waals surface area contributed by atoms with Gasteiger partial charge in [-0.2, -0.15) is 10.1 Å². The Morgan fingerprint density at radius 3 is 2.29 bits per heavy atom. The normalized spacial score (nSPS) is 25.3. The average Bonchev–Trinajstić information content (AvgIpc) is 3.11. The lowest BCUT2D eigenvalue weighted by atomic mass is 9.63. The second-order valence-electron chi connectivity index (χ2n) is 8.75. The molecular formula is C26H24ClIN2O4. The van der Waals surface area contributed by atoms with Crippen molar-refractivity contribution in [1.29, 1.82) is 0 Å². The molecule has 0 N–H and O–H groups in total. The lowest BCUT2D eigenvalue weighted by molar-refractivity contribution is -0.140. The van der Waals surface area contributed by atoms with Crippen molar-refractivity contribution < 1.29 is 19.1 Å². The Morgan fingerprint density at radius 2 is 1.71 bits per heavy atom. The van der Waals surface area contributed by atoms with Crippen molar-refractivity contribution in [2.75, 3.05) is 6.61 Å². The summed E-state index contributed by atoms with van der Waals surface area (Å²) < 4.78 is 12.7. The van der Waals surface area contributed by atoms with Gasteiger partial charge in [0, 0.05) is 5.02 Å². The lowest BCUT2D eigenvalue weighted by Crippen LogP contribution is -2.38. The molecule has 1 saturated carbocycles. The maximum Gasteiger partial charge on any atom is 0.254 e. The Labute approximate surface area is 217 Å². The van der Waals surface area contributed by atoms with Crippen LogP contribution in [0.5, 0.6) is 11.5 Å². The molecule has 6 rings (SSSR count). The molecule has 4 atom stereocenters. The standard InChI is InChI=1S/C26H24ClIN2O4/c1-2-33-21-12-16(11-20(28)24(21)34-14-15-3-9-19(27)10-4-15)13-29-30-25(31)22-17-5-6-18(8-7-17)23(22)26(30)32/h3-6,9-13,17-18,22-23H,2,7-8,14H2,1H3/b29-13-/t17-,18-,22-,23-/m1/s1. The van der Waals surface area contributed by atoms with Gasteiger partial charge in [0.2, 0.25) is 0 Å². The predicted octanol–water partition coefficient (Wildman–Crippen LogP) is 5.45. The quantitative estimate of drug-likeness (QED) is 0.186. The Kier molecular flexibility index (Phi) is 6.66. The van der Waals surface area contributed by atoms with Gasteiger partial charge in [-0.15, -0.1) is 0 Å². The zero-order valence-electron chi connectivity index (χ0n) is 18.6. The third-order valence-electron chi connectivity index (χ3n) is 6.69. The summed E-state index contributed by atoms with van der Waals surface area (Å²) in [5.41, 5.74) is 1.72. The van der Waals surface area contributed by atoms with Gasteiger partial charge in [-0.05, 0) is 89.6 Å². The molecule has 4 aliphatic rings. The van der Waals surface area contributed by atoms with Crippen LogP contribution in [0.15, 0.2) is 53.7 Å². The lowest BCUT2D eigenvalue weighted by Gasteiger charge is -2.37. The van der Waals surface area contributed by atoms with E-state index in [1.807, 2.05) is 43.3 Å². The third-order valence-corrected chi connectivity index (χ3v) is 7.74. The van der Waals surface area contributed by atoms with Gasteiger partial charge in [0.25, 0.3) is 11.8 Å². The Hall–Kier alpha value is -2.39. The highest BCUT2D eigenvalue weighted by Gasteiger charge is 2.56. The number of amides is 2. The molecule has 1 saturated heterocycles. The van der Waals surface area contributed by atoms with Gasteiger partial charge in [0.05, 0.1) is 28.2 Å². The summed E-state index contributed by atoms with van der Waals surface area (Å²) in [7, 11) is 0. The Bertz CT molecular complexity index is 1150. The molecule has 2 bridgehead atoms. The molecule has 3 aliphatic carbocycles. The van der Waals surface area contributed by atoms with Crippen LogP contribution in [0.3, 0.4) is 0 Å². The highest BCUT2D eigenvalue weighted by molar-refractivity contribution is 14.1. The molecule has 0 unspecified atom stereocenters. The van der Waals surface area contributed by atoms with Crippen LogP contribution in [0.25, 0.3) is 0 Å². The van der Waals surface area contributed by atoms with E-state index in [9.17, 15) is 9.59 Å². The van der Waals surface area contributed by atoms with E-state index in [-0.39, 0.29) is 35.5 Å². The predicted molar refractivity (Wildman–Crippen MR) is 138 cm³/mol. The van der Waals surface area contributed by atoms with Gasteiger partial charge in [0.1, 0.15) is 6.61 Å². The number of imide groups is 1. The molecule has 0 spiro atoms. The average molecular weight is 591 g/mol. The molecule has 1 heterocycles. The van der Waals surface area contributed by atoms with Gasteiger partial charge < -0.3 is 9.47 Å². The maximum atomic E-state index is 13.0. The van der Waals surface area contributed by atoms with Crippen LogP contribution in [0.4, 0.5) is 0 Å². The summed E-state index contributed by atoms with van der Waals surface area (Å²) >= 11 is 8.15. The van der Waals surface area contributed by atoms with E-state index in [1.165, 1.54) is 0 Å². The SMILES string of the molecule is CCOc1cc(/C=N\N2C(=O)[C@H]3[C@H](C2=O)[C@@H]2C=C[C@@H]3CC2)cc(I)c1OCc1ccc(Cl)cc1. The molecule has 176 valence electrons. The van der Waals surface area contributed by atoms with E-state index in [0.717, 1.165) is 32.5 Å². The van der Waals surface area contributed by atoms with Crippen molar-refractivity contribution in [3.63, 3.8) is 0 Å². The minimum absolute atomic E-state index is 0.147. The van der Waals surface area contributed by atoms with Gasteiger partial charge in [-0.3, -0.25) is 9.59 Å². The van der Waals surface area contributed by atoms with E-state index in [2.05, 4.69) is 39.8 Å². The minimum atomic E-state index is -0.267. The van der Waals surface area contributed by atoms with E-state index in [0.29, 0.717) is 29.7 Å². The van der Waals surface area contributed by atoms with Crippen molar-refractivity contribution in [3.05, 3.63) is 68.3 Å². The first-order valence-corrected chi connectivity index (χ1v) is 12.9. The van der Waals surface area contributed by atoms with Gasteiger partial charge >= 0.3 is 0 Å². The number of ether oxygens (including phenoxy) is 2. The molecule has 2 amide bonds. The number of hydrazone groups is 1. The van der Waals surface area contributed by atoms with E-state index < -0.39 is 0 Å². The van der Waals surface area contributed by atoms with E-state index in [1.54, 1.807) is 6.21 Å². The summed E-state index contributed by atoms with van der Waals surface area (Å²) in [6.45, 7) is 2.75. The van der Waals surface area contributed by atoms with Crippen molar-refractivity contribution >= 4 is 52.2 Å². The van der Waals surface area contributed by atoms with Crippen LogP contribution in [0, 0.1) is 27.2 Å². The number of benzene rings is 2. The molecule has 2 aromatic carbocycles. The topological polar surface area (TPSA) is 68.2 Å². The maximum absolute atomic E-state index is 13.0. The summed E-state index contributed by atoms with van der Waals surface area (Å²) in [5.74, 6) is 0.605. The molecule has 0 aromatic heterocycles. The first-order chi connectivity index (χ1) is 16.5. The second-order valence-corrected chi connectivity index (χ2v) is 10.4. The number of fused-ring (bicyclic) bond motifs is 1. The van der Waals surface area contributed by atoms with Crippen molar-refractivity contribution in [2.45, 2.75) is 26.4 Å². The van der Waals surface area contributed by atoms with Crippen molar-refractivity contribution in [3.8, 4) is 11.5 Å². The Balaban J connectivity index is 1.35. The van der Waals surface area contributed by atoms with Crippen LogP contribution >= 0.6 is 34.2 Å².